The zero-order chi connectivity index (χ0) is 23.7. The van der Waals surface area contributed by atoms with Crippen molar-refractivity contribution in [1.29, 1.82) is 0 Å². The van der Waals surface area contributed by atoms with E-state index in [1.54, 1.807) is 6.33 Å². The summed E-state index contributed by atoms with van der Waals surface area (Å²) < 4.78 is 1.83. The van der Waals surface area contributed by atoms with Crippen LogP contribution in [0, 0.1) is 26.7 Å². The highest BCUT2D eigenvalue weighted by Gasteiger charge is 2.30. The van der Waals surface area contributed by atoms with E-state index in [0.717, 1.165) is 59.7 Å². The Balaban J connectivity index is 1.46. The smallest absolute Gasteiger partial charge is 0.254 e. The Morgan fingerprint density at radius 3 is 2.76 bits per heavy atom. The number of nitrogens with one attached hydrogen (secondary N) is 1. The fourth-order valence-corrected chi connectivity index (χ4v) is 4.79. The average Bonchev–Trinajstić information content (AvgIpc) is 3.30. The maximum Gasteiger partial charge on any atom is 0.254 e. The molecular weight excluding hydrogens is 424 g/mol. The quantitative estimate of drug-likeness (QED) is 0.481. The third kappa shape index (κ3) is 4.38. The van der Waals surface area contributed by atoms with E-state index in [1.807, 2.05) is 37.4 Å². The standard InChI is InChI=1S/C27H30N6O/c1-18-11-12-19(2)24(14-18)31-25(34)22-10-7-13-32(16-22)26-23(15-21-8-5-4-6-9-21)20(3)30-27-28-17-29-33(26)27/h4-6,8-9,11-12,14,17,22H,7,10,13,15-16H2,1-3H3,(H,31,34). The number of nitrogens with zero attached hydrogens (tertiary/aromatic N) is 5. The summed E-state index contributed by atoms with van der Waals surface area (Å²) in [5.74, 6) is 1.55. The minimum atomic E-state index is -0.106. The molecule has 34 heavy (non-hydrogen) atoms. The minimum absolute atomic E-state index is 0.0728. The number of hydrogen-bond donors (Lipinski definition) is 1. The van der Waals surface area contributed by atoms with Gasteiger partial charge in [0.25, 0.3) is 5.78 Å². The number of carbonyl (C=O) groups is 1. The summed E-state index contributed by atoms with van der Waals surface area (Å²) in [6.07, 6.45) is 4.10. The summed E-state index contributed by atoms with van der Waals surface area (Å²) in [6, 6.07) is 16.6. The number of piperidine rings is 1. The summed E-state index contributed by atoms with van der Waals surface area (Å²) in [5.41, 5.74) is 6.39. The van der Waals surface area contributed by atoms with Crippen molar-refractivity contribution in [1.82, 2.24) is 19.6 Å². The normalized spacial score (nSPS) is 16.1. The number of aromatic nitrogens is 4. The highest BCUT2D eigenvalue weighted by molar-refractivity contribution is 5.93. The highest BCUT2D eigenvalue weighted by atomic mass is 16.1. The lowest BCUT2D eigenvalue weighted by molar-refractivity contribution is -0.120. The molecule has 1 amide bonds. The summed E-state index contributed by atoms with van der Waals surface area (Å²) in [5, 5.41) is 7.68. The molecule has 1 aliphatic heterocycles. The van der Waals surface area contributed by atoms with Crippen LogP contribution in [0.1, 0.15) is 40.8 Å². The van der Waals surface area contributed by atoms with E-state index in [1.165, 1.54) is 5.56 Å². The van der Waals surface area contributed by atoms with Gasteiger partial charge in [0.15, 0.2) is 0 Å². The molecule has 5 rings (SSSR count). The van der Waals surface area contributed by atoms with Crippen LogP contribution in [0.4, 0.5) is 11.5 Å². The van der Waals surface area contributed by atoms with Gasteiger partial charge in [-0.05, 0) is 56.4 Å². The van der Waals surface area contributed by atoms with Crippen LogP contribution in [0.2, 0.25) is 0 Å². The second kappa shape index (κ2) is 9.25. The van der Waals surface area contributed by atoms with Crippen LogP contribution in [-0.4, -0.2) is 38.6 Å². The van der Waals surface area contributed by atoms with Crippen molar-refractivity contribution in [3.05, 3.63) is 82.8 Å². The predicted molar refractivity (Wildman–Crippen MR) is 134 cm³/mol. The number of amides is 1. The summed E-state index contributed by atoms with van der Waals surface area (Å²) in [6.45, 7) is 7.61. The fourth-order valence-electron chi connectivity index (χ4n) is 4.79. The Hall–Kier alpha value is -3.74. The van der Waals surface area contributed by atoms with Crippen LogP contribution >= 0.6 is 0 Å². The van der Waals surface area contributed by atoms with E-state index in [0.29, 0.717) is 12.3 Å². The molecule has 1 aliphatic rings. The number of anilines is 2. The summed E-state index contributed by atoms with van der Waals surface area (Å²) in [7, 11) is 0. The molecular formula is C27H30N6O. The van der Waals surface area contributed by atoms with E-state index in [4.69, 9.17) is 4.98 Å². The molecule has 2 aromatic heterocycles. The van der Waals surface area contributed by atoms with Gasteiger partial charge in [-0.1, -0.05) is 42.5 Å². The second-order valence-corrected chi connectivity index (χ2v) is 9.23. The zero-order valence-electron chi connectivity index (χ0n) is 20.0. The lowest BCUT2D eigenvalue weighted by Crippen LogP contribution is -2.42. The van der Waals surface area contributed by atoms with Crippen molar-refractivity contribution in [2.24, 2.45) is 5.92 Å². The summed E-state index contributed by atoms with van der Waals surface area (Å²) in [4.78, 5) is 24.6. The topological polar surface area (TPSA) is 75.4 Å². The molecule has 1 unspecified atom stereocenters. The van der Waals surface area contributed by atoms with Gasteiger partial charge < -0.3 is 10.2 Å². The van der Waals surface area contributed by atoms with Crippen molar-refractivity contribution in [2.75, 3.05) is 23.3 Å². The van der Waals surface area contributed by atoms with Gasteiger partial charge >= 0.3 is 0 Å². The van der Waals surface area contributed by atoms with E-state index >= 15 is 0 Å². The van der Waals surface area contributed by atoms with Crippen molar-refractivity contribution < 1.29 is 4.79 Å². The molecule has 2 aromatic carbocycles. The minimum Gasteiger partial charge on any atom is -0.355 e. The van der Waals surface area contributed by atoms with Crippen LogP contribution in [0.25, 0.3) is 5.78 Å². The Morgan fingerprint density at radius 2 is 1.94 bits per heavy atom. The van der Waals surface area contributed by atoms with E-state index in [-0.39, 0.29) is 11.8 Å². The molecule has 1 atom stereocenters. The van der Waals surface area contributed by atoms with Crippen molar-refractivity contribution in [3.63, 3.8) is 0 Å². The molecule has 7 heteroatoms. The fraction of sp³-hybridized carbons (Fsp3) is 0.333. The van der Waals surface area contributed by atoms with E-state index < -0.39 is 0 Å². The summed E-state index contributed by atoms with van der Waals surface area (Å²) >= 11 is 0. The third-order valence-corrected chi connectivity index (χ3v) is 6.67. The maximum atomic E-state index is 13.3. The molecule has 0 saturated carbocycles. The first-order valence-electron chi connectivity index (χ1n) is 11.9. The lowest BCUT2D eigenvalue weighted by Gasteiger charge is -2.35. The molecule has 174 valence electrons. The number of rotatable bonds is 5. The number of benzene rings is 2. The van der Waals surface area contributed by atoms with Gasteiger partial charge in [0.1, 0.15) is 12.1 Å². The van der Waals surface area contributed by atoms with E-state index in [9.17, 15) is 4.79 Å². The van der Waals surface area contributed by atoms with Crippen LogP contribution < -0.4 is 10.2 Å². The van der Waals surface area contributed by atoms with E-state index in [2.05, 4.69) is 56.7 Å². The van der Waals surface area contributed by atoms with Gasteiger partial charge in [0.2, 0.25) is 5.91 Å². The molecule has 7 nitrogen and oxygen atoms in total. The predicted octanol–water partition coefficient (Wildman–Crippen LogP) is 4.50. The molecule has 0 radical (unpaired) electrons. The highest BCUT2D eigenvalue weighted by Crippen LogP contribution is 2.30. The molecule has 3 heterocycles. The third-order valence-electron chi connectivity index (χ3n) is 6.67. The average molecular weight is 455 g/mol. The number of hydrogen-bond acceptors (Lipinski definition) is 5. The molecule has 4 aromatic rings. The second-order valence-electron chi connectivity index (χ2n) is 9.23. The first-order chi connectivity index (χ1) is 16.5. The number of aryl methyl sites for hydroxylation is 3. The van der Waals surface area contributed by atoms with Crippen LogP contribution in [0.5, 0.6) is 0 Å². The molecule has 0 bridgehead atoms. The van der Waals surface area contributed by atoms with Gasteiger partial charge in [-0.3, -0.25) is 4.79 Å². The molecule has 0 aliphatic carbocycles. The molecule has 1 fully saturated rings. The van der Waals surface area contributed by atoms with Gasteiger partial charge in [-0.15, -0.1) is 0 Å². The first-order valence-corrected chi connectivity index (χ1v) is 11.9. The lowest BCUT2D eigenvalue weighted by atomic mass is 9.95. The van der Waals surface area contributed by atoms with Gasteiger partial charge in [-0.2, -0.15) is 14.6 Å². The number of fused-ring (bicyclic) bond motifs is 1. The van der Waals surface area contributed by atoms with Crippen LogP contribution in [-0.2, 0) is 11.2 Å². The number of carbonyl (C=O) groups excluding carboxylic acids is 1. The first kappa shape index (κ1) is 22.1. The Bertz CT molecular complexity index is 1330. The maximum absolute atomic E-state index is 13.3. The van der Waals surface area contributed by atoms with Crippen molar-refractivity contribution >= 4 is 23.2 Å². The Morgan fingerprint density at radius 1 is 1.12 bits per heavy atom. The van der Waals surface area contributed by atoms with Gasteiger partial charge in [0, 0.05) is 36.5 Å². The van der Waals surface area contributed by atoms with Gasteiger partial charge in [0.05, 0.1) is 5.92 Å². The SMILES string of the molecule is Cc1ccc(C)c(NC(=O)C2CCCN(c3c(Cc4ccccc4)c(C)nc4ncnn34)C2)c1. The molecule has 0 spiro atoms. The largest absolute Gasteiger partial charge is 0.355 e. The van der Waals surface area contributed by atoms with Gasteiger partial charge in [-0.25, -0.2) is 4.98 Å². The Kier molecular flexibility index (Phi) is 6.01. The molecule has 1 N–H and O–H groups in total. The van der Waals surface area contributed by atoms with Crippen molar-refractivity contribution in [2.45, 2.75) is 40.0 Å². The monoisotopic (exact) mass is 454 g/mol. The molecule has 1 saturated heterocycles. The van der Waals surface area contributed by atoms with Crippen LogP contribution in [0.3, 0.4) is 0 Å². The van der Waals surface area contributed by atoms with Crippen LogP contribution in [0.15, 0.2) is 54.9 Å². The Labute approximate surface area is 199 Å². The zero-order valence-corrected chi connectivity index (χ0v) is 20.0. The van der Waals surface area contributed by atoms with Crippen molar-refractivity contribution in [3.8, 4) is 0 Å².